The smallest absolute Gasteiger partial charge is 0.121 e. The number of benzene rings is 2. The average Bonchev–Trinajstić information content (AvgIpc) is 2.86. The molecular formula is C30H45NOS. The third-order valence-corrected chi connectivity index (χ3v) is 7.16. The molecule has 0 unspecified atom stereocenters. The third-order valence-electron chi connectivity index (χ3n) is 6.06. The predicted molar refractivity (Wildman–Crippen MR) is 148 cm³/mol. The Kier molecular flexibility index (Phi) is 15.6. The number of thioether (sulfide) groups is 1. The first-order valence-corrected chi connectivity index (χ1v) is 14.2. The standard InChI is InChI=1S/C30H45NOS/c1-3-4-5-6-7-8-9-10-11-12-13-14-15-16-24-33-30-22-20-27(21-23-30)26-31-28-18-17-19-29(25-28)32-2/h17-23,25-26H,3-16,24H2,1-2H3. The summed E-state index contributed by atoms with van der Waals surface area (Å²) in [5, 5.41) is 0. The first-order valence-electron chi connectivity index (χ1n) is 13.2. The zero-order valence-electron chi connectivity index (χ0n) is 21.1. The molecule has 0 aromatic heterocycles. The van der Waals surface area contributed by atoms with Gasteiger partial charge in [0.2, 0.25) is 0 Å². The number of ether oxygens (including phenoxy) is 1. The van der Waals surface area contributed by atoms with Crippen LogP contribution in [0.3, 0.4) is 0 Å². The molecule has 2 rings (SSSR count). The summed E-state index contributed by atoms with van der Waals surface area (Å²) in [6.45, 7) is 2.29. The summed E-state index contributed by atoms with van der Waals surface area (Å²) in [7, 11) is 1.68. The molecule has 2 aromatic rings. The second-order valence-electron chi connectivity index (χ2n) is 8.97. The number of rotatable bonds is 19. The van der Waals surface area contributed by atoms with Crippen LogP contribution >= 0.6 is 11.8 Å². The lowest BCUT2D eigenvalue weighted by Crippen LogP contribution is -1.85. The van der Waals surface area contributed by atoms with Crippen molar-refractivity contribution in [3.05, 3.63) is 54.1 Å². The van der Waals surface area contributed by atoms with Crippen LogP contribution in [0.5, 0.6) is 5.75 Å². The number of methoxy groups -OCH3 is 1. The molecule has 0 aliphatic carbocycles. The van der Waals surface area contributed by atoms with Crippen LogP contribution < -0.4 is 4.74 Å². The number of nitrogens with zero attached hydrogens (tertiary/aromatic N) is 1. The van der Waals surface area contributed by atoms with Crippen LogP contribution in [0, 0.1) is 0 Å². The zero-order chi connectivity index (χ0) is 23.4. The normalized spacial score (nSPS) is 11.3. The minimum Gasteiger partial charge on any atom is -0.497 e. The van der Waals surface area contributed by atoms with Gasteiger partial charge in [0.25, 0.3) is 0 Å². The average molecular weight is 468 g/mol. The Morgan fingerprint density at radius 2 is 1.30 bits per heavy atom. The van der Waals surface area contributed by atoms with E-state index in [2.05, 4.69) is 36.2 Å². The fourth-order valence-electron chi connectivity index (χ4n) is 3.98. The number of hydrogen-bond acceptors (Lipinski definition) is 3. The lowest BCUT2D eigenvalue weighted by Gasteiger charge is -2.04. The maximum atomic E-state index is 5.25. The van der Waals surface area contributed by atoms with Crippen LogP contribution in [-0.4, -0.2) is 19.1 Å². The van der Waals surface area contributed by atoms with Crippen molar-refractivity contribution < 1.29 is 4.74 Å². The summed E-state index contributed by atoms with van der Waals surface area (Å²) in [6, 6.07) is 16.5. The molecule has 0 bridgehead atoms. The molecule has 2 nitrogen and oxygen atoms in total. The Balaban J connectivity index is 1.45. The Bertz CT molecular complexity index is 756. The molecule has 0 fully saturated rings. The summed E-state index contributed by atoms with van der Waals surface area (Å²) in [5.41, 5.74) is 2.03. The second kappa shape index (κ2) is 18.7. The number of unbranched alkanes of at least 4 members (excludes halogenated alkanes) is 13. The van der Waals surface area contributed by atoms with E-state index in [1.54, 1.807) is 7.11 Å². The highest BCUT2D eigenvalue weighted by molar-refractivity contribution is 7.99. The molecule has 0 saturated heterocycles. The van der Waals surface area contributed by atoms with Crippen molar-refractivity contribution in [1.82, 2.24) is 0 Å². The minimum absolute atomic E-state index is 0.833. The lowest BCUT2D eigenvalue weighted by atomic mass is 10.0. The SMILES string of the molecule is CCCCCCCCCCCCCCCCSc1ccc(C=Nc2cccc(OC)c2)cc1. The number of hydrogen-bond donors (Lipinski definition) is 0. The number of aliphatic imine (C=N–C) groups is 1. The summed E-state index contributed by atoms with van der Waals surface area (Å²) in [5.74, 6) is 2.05. The Morgan fingerprint density at radius 1 is 0.727 bits per heavy atom. The van der Waals surface area contributed by atoms with E-state index in [1.165, 1.54) is 101 Å². The van der Waals surface area contributed by atoms with Gasteiger partial charge >= 0.3 is 0 Å². The van der Waals surface area contributed by atoms with Gasteiger partial charge in [-0.05, 0) is 42.0 Å². The quantitative estimate of drug-likeness (QED) is 0.116. The Hall–Kier alpha value is -1.74. The van der Waals surface area contributed by atoms with E-state index >= 15 is 0 Å². The van der Waals surface area contributed by atoms with E-state index in [4.69, 9.17) is 4.74 Å². The fourth-order valence-corrected chi connectivity index (χ4v) is 4.89. The molecule has 0 aliphatic rings. The van der Waals surface area contributed by atoms with Gasteiger partial charge in [0.1, 0.15) is 5.75 Å². The largest absolute Gasteiger partial charge is 0.497 e. The van der Waals surface area contributed by atoms with E-state index in [9.17, 15) is 0 Å². The van der Waals surface area contributed by atoms with Gasteiger partial charge in [0.15, 0.2) is 0 Å². The topological polar surface area (TPSA) is 21.6 Å². The van der Waals surface area contributed by atoms with Gasteiger partial charge in [-0.3, -0.25) is 4.99 Å². The molecule has 0 amide bonds. The third kappa shape index (κ3) is 13.5. The van der Waals surface area contributed by atoms with E-state index in [1.807, 2.05) is 42.2 Å². The maximum Gasteiger partial charge on any atom is 0.121 e. The van der Waals surface area contributed by atoms with Crippen LogP contribution in [0.15, 0.2) is 58.4 Å². The molecule has 2 aromatic carbocycles. The van der Waals surface area contributed by atoms with Gasteiger partial charge in [0, 0.05) is 17.2 Å². The van der Waals surface area contributed by atoms with Gasteiger partial charge in [-0.25, -0.2) is 0 Å². The molecule has 3 heteroatoms. The van der Waals surface area contributed by atoms with Gasteiger partial charge in [-0.15, -0.1) is 11.8 Å². The van der Waals surface area contributed by atoms with Gasteiger partial charge in [-0.2, -0.15) is 0 Å². The monoisotopic (exact) mass is 467 g/mol. The zero-order valence-corrected chi connectivity index (χ0v) is 21.9. The molecule has 182 valence electrons. The molecule has 0 spiro atoms. The van der Waals surface area contributed by atoms with Crippen LogP contribution in [0.1, 0.15) is 102 Å². The molecule has 0 atom stereocenters. The van der Waals surface area contributed by atoms with Gasteiger partial charge < -0.3 is 4.74 Å². The van der Waals surface area contributed by atoms with Crippen LogP contribution in [0.2, 0.25) is 0 Å². The summed E-state index contributed by atoms with van der Waals surface area (Å²) < 4.78 is 5.25. The first kappa shape index (κ1) is 27.5. The maximum absolute atomic E-state index is 5.25. The van der Waals surface area contributed by atoms with E-state index in [0.29, 0.717) is 0 Å². The fraction of sp³-hybridized carbons (Fsp3) is 0.567. The van der Waals surface area contributed by atoms with Crippen LogP contribution in [0.4, 0.5) is 5.69 Å². The van der Waals surface area contributed by atoms with Crippen molar-refractivity contribution in [3.8, 4) is 5.75 Å². The summed E-state index contributed by atoms with van der Waals surface area (Å²) >= 11 is 1.97. The summed E-state index contributed by atoms with van der Waals surface area (Å²) in [6.07, 6.45) is 21.8. The second-order valence-corrected chi connectivity index (χ2v) is 10.1. The van der Waals surface area contributed by atoms with Crippen LogP contribution in [-0.2, 0) is 0 Å². The molecule has 0 aliphatic heterocycles. The van der Waals surface area contributed by atoms with Crippen molar-refractivity contribution >= 4 is 23.7 Å². The molecule has 0 saturated carbocycles. The highest BCUT2D eigenvalue weighted by atomic mass is 32.2. The Morgan fingerprint density at radius 3 is 1.88 bits per heavy atom. The Labute approximate surface area is 207 Å². The molecular weight excluding hydrogens is 422 g/mol. The van der Waals surface area contributed by atoms with E-state index in [0.717, 1.165) is 17.0 Å². The van der Waals surface area contributed by atoms with E-state index in [-0.39, 0.29) is 0 Å². The molecule has 33 heavy (non-hydrogen) atoms. The van der Waals surface area contributed by atoms with Crippen molar-refractivity contribution in [2.24, 2.45) is 4.99 Å². The van der Waals surface area contributed by atoms with E-state index < -0.39 is 0 Å². The molecule has 0 heterocycles. The molecule has 0 radical (unpaired) electrons. The first-order chi connectivity index (χ1) is 16.3. The summed E-state index contributed by atoms with van der Waals surface area (Å²) in [4.78, 5) is 5.90. The van der Waals surface area contributed by atoms with Crippen molar-refractivity contribution in [3.63, 3.8) is 0 Å². The molecule has 0 N–H and O–H groups in total. The van der Waals surface area contributed by atoms with Crippen molar-refractivity contribution in [2.75, 3.05) is 12.9 Å². The highest BCUT2D eigenvalue weighted by Crippen LogP contribution is 2.22. The van der Waals surface area contributed by atoms with Crippen molar-refractivity contribution in [1.29, 1.82) is 0 Å². The van der Waals surface area contributed by atoms with Gasteiger partial charge in [-0.1, -0.05) is 109 Å². The minimum atomic E-state index is 0.833. The van der Waals surface area contributed by atoms with Crippen LogP contribution in [0.25, 0.3) is 0 Å². The van der Waals surface area contributed by atoms with Crippen molar-refractivity contribution in [2.45, 2.75) is 102 Å². The lowest BCUT2D eigenvalue weighted by molar-refractivity contribution is 0.415. The van der Waals surface area contributed by atoms with Gasteiger partial charge in [0.05, 0.1) is 12.8 Å². The predicted octanol–water partition coefficient (Wildman–Crippen LogP) is 10.0. The highest BCUT2D eigenvalue weighted by Gasteiger charge is 1.98.